The number of hydroxylamine groups is 2. The number of nitrogens with zero attached hydrogens (tertiary/aromatic N) is 3. The van der Waals surface area contributed by atoms with Crippen molar-refractivity contribution in [3.8, 4) is 16.9 Å². The van der Waals surface area contributed by atoms with Gasteiger partial charge in [-0.3, -0.25) is 0 Å². The molecule has 2 N–H and O–H groups in total. The first kappa shape index (κ1) is 17.0. The Kier molecular flexibility index (Phi) is 3.63. The zero-order valence-corrected chi connectivity index (χ0v) is 15.5. The van der Waals surface area contributed by atoms with Crippen LogP contribution < -0.4 is 10.5 Å². The number of hydrogen-bond acceptors (Lipinski definition) is 6. The van der Waals surface area contributed by atoms with E-state index in [9.17, 15) is 0 Å². The fourth-order valence-electron chi connectivity index (χ4n) is 4.20. The van der Waals surface area contributed by atoms with Crippen molar-refractivity contribution < 1.29 is 14.3 Å². The molecule has 2 spiro atoms. The molecule has 2 aromatic rings. The smallest absolute Gasteiger partial charge is 0.222 e. The maximum absolute atomic E-state index is 7.26. The maximum Gasteiger partial charge on any atom is 0.222 e. The molecule has 3 heterocycles. The molecular formula is C21H20N4O3. The summed E-state index contributed by atoms with van der Waals surface area (Å²) in [5.41, 5.74) is 8.02. The van der Waals surface area contributed by atoms with Crippen LogP contribution in [0.4, 0.5) is 5.69 Å². The number of aliphatic imine (C=N–C) groups is 1. The van der Waals surface area contributed by atoms with Crippen LogP contribution in [0.25, 0.3) is 16.0 Å². The summed E-state index contributed by atoms with van der Waals surface area (Å²) in [4.78, 5) is 14.4. The Hall–Kier alpha value is -3.08. The van der Waals surface area contributed by atoms with Gasteiger partial charge in [-0.05, 0) is 29.3 Å². The number of benzene rings is 2. The SMILES string of the molecule is [C-]#[N+]c1cccc(-c2ccc3c(c2)C2(CC4(CCOC4)O3)N=C(N)N(C)O2)c1. The molecule has 0 aromatic heterocycles. The Morgan fingerprint density at radius 3 is 2.79 bits per heavy atom. The maximum atomic E-state index is 7.26. The number of hydrogen-bond donors (Lipinski definition) is 1. The lowest BCUT2D eigenvalue weighted by Gasteiger charge is -2.42. The molecule has 7 nitrogen and oxygen atoms in total. The predicted molar refractivity (Wildman–Crippen MR) is 104 cm³/mol. The van der Waals surface area contributed by atoms with Crippen LogP contribution in [0, 0.1) is 6.57 Å². The highest BCUT2D eigenvalue weighted by Crippen LogP contribution is 2.52. The standard InChI is InChI=1S/C21H20N4O3/c1-23-16-5-3-4-14(10-16)15-6-7-18-17(11-15)21(24-19(22)25(2)28-21)12-20(27-18)8-9-26-13-20/h3-7,10-11H,8-9,12-13H2,2H3,(H2,22,24). The molecule has 2 aromatic carbocycles. The topological polar surface area (TPSA) is 73.7 Å². The summed E-state index contributed by atoms with van der Waals surface area (Å²) in [6, 6.07) is 13.5. The first-order chi connectivity index (χ1) is 13.5. The third kappa shape index (κ3) is 2.53. The number of guanidine groups is 1. The van der Waals surface area contributed by atoms with Crippen molar-refractivity contribution in [2.45, 2.75) is 24.2 Å². The van der Waals surface area contributed by atoms with Crippen molar-refractivity contribution in [2.75, 3.05) is 20.3 Å². The lowest BCUT2D eigenvalue weighted by molar-refractivity contribution is -0.203. The van der Waals surface area contributed by atoms with Crippen LogP contribution in [0.5, 0.6) is 5.75 Å². The third-order valence-corrected chi connectivity index (χ3v) is 5.57. The Labute approximate surface area is 163 Å². The predicted octanol–water partition coefficient (Wildman–Crippen LogP) is 3.19. The van der Waals surface area contributed by atoms with Gasteiger partial charge >= 0.3 is 0 Å². The van der Waals surface area contributed by atoms with Gasteiger partial charge in [0.15, 0.2) is 5.69 Å². The highest BCUT2D eigenvalue weighted by atomic mass is 16.7. The molecule has 7 heteroatoms. The average Bonchev–Trinajstić information content (AvgIpc) is 3.26. The average molecular weight is 376 g/mol. The second-order valence-electron chi connectivity index (χ2n) is 7.48. The first-order valence-electron chi connectivity index (χ1n) is 9.20. The molecule has 0 saturated carbocycles. The van der Waals surface area contributed by atoms with Crippen molar-refractivity contribution >= 4 is 11.6 Å². The van der Waals surface area contributed by atoms with Crippen molar-refractivity contribution in [3.63, 3.8) is 0 Å². The zero-order valence-electron chi connectivity index (χ0n) is 15.5. The van der Waals surface area contributed by atoms with Crippen molar-refractivity contribution in [1.29, 1.82) is 0 Å². The highest BCUT2D eigenvalue weighted by Gasteiger charge is 2.55. The van der Waals surface area contributed by atoms with E-state index in [2.05, 4.69) is 4.85 Å². The molecule has 1 fully saturated rings. The van der Waals surface area contributed by atoms with Gasteiger partial charge in [0.2, 0.25) is 11.7 Å². The summed E-state index contributed by atoms with van der Waals surface area (Å²) >= 11 is 0. The molecule has 2 atom stereocenters. The summed E-state index contributed by atoms with van der Waals surface area (Å²) in [6.45, 7) is 8.42. The van der Waals surface area contributed by atoms with Gasteiger partial charge in [-0.15, -0.1) is 0 Å². The lowest BCUT2D eigenvalue weighted by atomic mass is 9.83. The van der Waals surface area contributed by atoms with Gasteiger partial charge in [-0.2, -0.15) is 0 Å². The van der Waals surface area contributed by atoms with E-state index in [1.165, 1.54) is 5.06 Å². The van der Waals surface area contributed by atoms with Gasteiger partial charge in [-0.25, -0.2) is 19.7 Å². The molecule has 5 rings (SSSR count). The molecule has 142 valence electrons. The fourth-order valence-corrected chi connectivity index (χ4v) is 4.20. The van der Waals surface area contributed by atoms with Crippen molar-refractivity contribution in [2.24, 2.45) is 10.7 Å². The van der Waals surface area contributed by atoms with E-state index in [1.807, 2.05) is 36.4 Å². The van der Waals surface area contributed by atoms with Gasteiger partial charge in [0, 0.05) is 19.9 Å². The molecule has 0 bridgehead atoms. The van der Waals surface area contributed by atoms with Crippen LogP contribution in [0.1, 0.15) is 18.4 Å². The highest BCUT2D eigenvalue weighted by molar-refractivity contribution is 5.79. The molecule has 3 aliphatic heterocycles. The van der Waals surface area contributed by atoms with Crippen molar-refractivity contribution in [1.82, 2.24) is 5.06 Å². The van der Waals surface area contributed by atoms with E-state index in [0.717, 1.165) is 28.9 Å². The Morgan fingerprint density at radius 1 is 1.21 bits per heavy atom. The van der Waals surface area contributed by atoms with E-state index < -0.39 is 11.3 Å². The minimum absolute atomic E-state index is 0.335. The Balaban J connectivity index is 1.65. The molecule has 1 saturated heterocycles. The normalized spacial score (nSPS) is 28.1. The molecule has 0 aliphatic carbocycles. The number of rotatable bonds is 1. The second kappa shape index (κ2) is 5.96. The van der Waals surface area contributed by atoms with Crippen LogP contribution in [0.15, 0.2) is 47.5 Å². The summed E-state index contributed by atoms with van der Waals surface area (Å²) in [5.74, 6) is 1.07. The van der Waals surface area contributed by atoms with Gasteiger partial charge in [0.25, 0.3) is 0 Å². The minimum atomic E-state index is -0.937. The van der Waals surface area contributed by atoms with E-state index in [0.29, 0.717) is 31.3 Å². The monoisotopic (exact) mass is 376 g/mol. The Morgan fingerprint density at radius 2 is 2.07 bits per heavy atom. The molecular weight excluding hydrogens is 356 g/mol. The van der Waals surface area contributed by atoms with Crippen LogP contribution in [-0.2, 0) is 15.3 Å². The summed E-state index contributed by atoms with van der Waals surface area (Å²) in [6.07, 6.45) is 1.31. The number of nitrogens with two attached hydrogens (primary N) is 1. The van der Waals surface area contributed by atoms with Gasteiger partial charge < -0.3 is 15.2 Å². The lowest BCUT2D eigenvalue weighted by Crippen LogP contribution is -2.49. The molecule has 3 aliphatic rings. The summed E-state index contributed by atoms with van der Waals surface area (Å²) in [7, 11) is 1.75. The van der Waals surface area contributed by atoms with Gasteiger partial charge in [-0.1, -0.05) is 24.3 Å². The van der Waals surface area contributed by atoms with Crippen LogP contribution in [-0.4, -0.2) is 36.9 Å². The van der Waals surface area contributed by atoms with Crippen molar-refractivity contribution in [3.05, 3.63) is 59.4 Å². The van der Waals surface area contributed by atoms with Crippen LogP contribution in [0.3, 0.4) is 0 Å². The fraction of sp³-hybridized carbons (Fsp3) is 0.333. The molecule has 0 radical (unpaired) electrons. The molecule has 28 heavy (non-hydrogen) atoms. The third-order valence-electron chi connectivity index (χ3n) is 5.57. The van der Waals surface area contributed by atoms with Gasteiger partial charge in [0.05, 0.1) is 25.3 Å². The van der Waals surface area contributed by atoms with Crippen LogP contribution >= 0.6 is 0 Å². The number of ether oxygens (including phenoxy) is 2. The largest absolute Gasteiger partial charge is 0.484 e. The molecule has 0 amide bonds. The quantitative estimate of drug-likeness (QED) is 0.774. The molecule has 2 unspecified atom stereocenters. The second-order valence-corrected chi connectivity index (χ2v) is 7.48. The zero-order chi connectivity index (χ0) is 19.4. The Bertz CT molecular complexity index is 1020. The van der Waals surface area contributed by atoms with E-state index in [1.54, 1.807) is 13.1 Å². The number of fused-ring (bicyclic) bond motifs is 2. The van der Waals surface area contributed by atoms with E-state index in [-0.39, 0.29) is 0 Å². The van der Waals surface area contributed by atoms with Gasteiger partial charge in [0.1, 0.15) is 11.4 Å². The van der Waals surface area contributed by atoms with E-state index >= 15 is 0 Å². The van der Waals surface area contributed by atoms with Crippen LogP contribution in [0.2, 0.25) is 0 Å². The minimum Gasteiger partial charge on any atom is -0.484 e. The van der Waals surface area contributed by atoms with E-state index in [4.69, 9.17) is 31.6 Å². The summed E-state index contributed by atoms with van der Waals surface area (Å²) < 4.78 is 12.0. The first-order valence-corrected chi connectivity index (χ1v) is 9.20. The summed E-state index contributed by atoms with van der Waals surface area (Å²) in [5, 5.41) is 1.50.